The van der Waals surface area contributed by atoms with Crippen LogP contribution in [0.25, 0.3) is 27.8 Å². The summed E-state index contributed by atoms with van der Waals surface area (Å²) < 4.78 is 1.96. The van der Waals surface area contributed by atoms with Crippen molar-refractivity contribution in [2.45, 2.75) is 52.4 Å². The van der Waals surface area contributed by atoms with E-state index in [1.807, 2.05) is 35.4 Å². The molecule has 0 saturated heterocycles. The number of fused-ring (bicyclic) bond motifs is 2. The molecule has 0 spiro atoms. The van der Waals surface area contributed by atoms with Gasteiger partial charge < -0.3 is 0 Å². The van der Waals surface area contributed by atoms with Gasteiger partial charge in [-0.25, -0.2) is 5.10 Å². The fourth-order valence-corrected chi connectivity index (χ4v) is 3.23. The monoisotopic (exact) mass is 349 g/mol. The van der Waals surface area contributed by atoms with Gasteiger partial charge in [0.25, 0.3) is 0 Å². The number of hydrogen-bond donors (Lipinski definition) is 2. The van der Waals surface area contributed by atoms with Crippen LogP contribution in [0.1, 0.15) is 52.8 Å². The summed E-state index contributed by atoms with van der Waals surface area (Å²) >= 11 is 0. The molecular formula is C20H25N6+. The molecule has 0 saturated carbocycles. The average molecular weight is 349 g/mol. The lowest BCUT2D eigenvalue weighted by atomic mass is 9.87. The first-order chi connectivity index (χ1) is 12.1. The van der Waals surface area contributed by atoms with Crippen LogP contribution in [0.4, 0.5) is 0 Å². The molecule has 6 heteroatoms. The van der Waals surface area contributed by atoms with Crippen LogP contribution in [0, 0.1) is 0 Å². The van der Waals surface area contributed by atoms with Gasteiger partial charge >= 0.3 is 5.82 Å². The van der Waals surface area contributed by atoms with E-state index in [1.165, 1.54) is 5.56 Å². The molecule has 4 aromatic heterocycles. The minimum Gasteiger partial charge on any atom is -0.273 e. The van der Waals surface area contributed by atoms with E-state index in [0.717, 1.165) is 33.4 Å². The maximum atomic E-state index is 4.88. The molecule has 4 aromatic rings. The zero-order valence-corrected chi connectivity index (χ0v) is 16.2. The SMILES string of the molecule is CC(C)(C)c1n[nH]c2ccc(-[n+]3cc4cncc(C(C)(C)C)c4[nH]3)nc12. The minimum atomic E-state index is -0.0711. The molecule has 0 unspecified atom stereocenters. The summed E-state index contributed by atoms with van der Waals surface area (Å²) in [6.07, 6.45) is 5.87. The number of aromatic amines is 2. The van der Waals surface area contributed by atoms with Gasteiger partial charge in [-0.05, 0) is 16.5 Å². The maximum Gasteiger partial charge on any atom is 0.347 e. The summed E-state index contributed by atoms with van der Waals surface area (Å²) in [6, 6.07) is 4.02. The second-order valence-electron chi connectivity index (χ2n) is 8.90. The molecule has 0 aromatic carbocycles. The zero-order valence-electron chi connectivity index (χ0n) is 16.2. The highest BCUT2D eigenvalue weighted by Gasteiger charge is 2.26. The lowest BCUT2D eigenvalue weighted by Crippen LogP contribution is -2.33. The number of nitrogens with one attached hydrogen (secondary N) is 2. The van der Waals surface area contributed by atoms with Crippen LogP contribution in [0.5, 0.6) is 0 Å². The molecule has 0 fully saturated rings. The fourth-order valence-electron chi connectivity index (χ4n) is 3.23. The summed E-state index contributed by atoms with van der Waals surface area (Å²) in [5.74, 6) is 0.834. The van der Waals surface area contributed by atoms with E-state index in [4.69, 9.17) is 4.98 Å². The summed E-state index contributed by atoms with van der Waals surface area (Å²) in [5.41, 5.74) is 5.06. The molecule has 2 N–H and O–H groups in total. The van der Waals surface area contributed by atoms with Gasteiger partial charge in [-0.15, -0.1) is 4.68 Å². The Kier molecular flexibility index (Phi) is 3.45. The second kappa shape index (κ2) is 5.37. The fraction of sp³-hybridized carbons (Fsp3) is 0.400. The smallest absolute Gasteiger partial charge is 0.273 e. The minimum absolute atomic E-state index is 0.0105. The molecule has 134 valence electrons. The van der Waals surface area contributed by atoms with Crippen LogP contribution in [-0.2, 0) is 10.8 Å². The second-order valence-corrected chi connectivity index (χ2v) is 8.90. The Morgan fingerprint density at radius 2 is 1.73 bits per heavy atom. The van der Waals surface area contributed by atoms with Gasteiger partial charge in [0.1, 0.15) is 17.4 Å². The summed E-state index contributed by atoms with van der Waals surface area (Å²) in [7, 11) is 0. The first-order valence-corrected chi connectivity index (χ1v) is 8.89. The molecule has 0 radical (unpaired) electrons. The van der Waals surface area contributed by atoms with E-state index in [-0.39, 0.29) is 10.8 Å². The Balaban J connectivity index is 1.90. The van der Waals surface area contributed by atoms with Crippen molar-refractivity contribution in [2.24, 2.45) is 0 Å². The Hall–Kier alpha value is -2.76. The topological polar surface area (TPSA) is 74.1 Å². The molecule has 0 atom stereocenters. The van der Waals surface area contributed by atoms with Crippen LogP contribution in [0.15, 0.2) is 30.7 Å². The average Bonchev–Trinajstić information content (AvgIpc) is 3.16. The molecular weight excluding hydrogens is 324 g/mol. The predicted molar refractivity (Wildman–Crippen MR) is 102 cm³/mol. The third-order valence-corrected chi connectivity index (χ3v) is 4.63. The third kappa shape index (κ3) is 2.66. The van der Waals surface area contributed by atoms with Gasteiger partial charge in [0.15, 0.2) is 0 Å². The number of rotatable bonds is 1. The number of pyridine rings is 2. The number of hydrogen-bond acceptors (Lipinski definition) is 3. The van der Waals surface area contributed by atoms with E-state index < -0.39 is 0 Å². The van der Waals surface area contributed by atoms with Gasteiger partial charge in [0.05, 0.1) is 10.9 Å². The van der Waals surface area contributed by atoms with Crippen molar-refractivity contribution in [1.82, 2.24) is 25.3 Å². The lowest BCUT2D eigenvalue weighted by Gasteiger charge is -2.18. The predicted octanol–water partition coefficient (Wildman–Crippen LogP) is 3.71. The molecule has 0 bridgehead atoms. The highest BCUT2D eigenvalue weighted by molar-refractivity contribution is 5.80. The number of aromatic nitrogens is 6. The van der Waals surface area contributed by atoms with Crippen molar-refractivity contribution in [2.75, 3.05) is 0 Å². The van der Waals surface area contributed by atoms with Crippen LogP contribution in [-0.4, -0.2) is 25.3 Å². The molecule has 0 aliphatic carbocycles. The Labute approximate surface area is 152 Å². The molecule has 4 heterocycles. The first-order valence-electron chi connectivity index (χ1n) is 8.89. The highest BCUT2D eigenvalue weighted by Crippen LogP contribution is 2.28. The molecule has 26 heavy (non-hydrogen) atoms. The molecule has 0 amide bonds. The normalized spacial score (nSPS) is 13.0. The van der Waals surface area contributed by atoms with Crippen LogP contribution in [0.3, 0.4) is 0 Å². The van der Waals surface area contributed by atoms with E-state index in [0.29, 0.717) is 0 Å². The van der Waals surface area contributed by atoms with Crippen molar-refractivity contribution in [3.63, 3.8) is 0 Å². The summed E-state index contributed by atoms with van der Waals surface area (Å²) in [6.45, 7) is 13.0. The quantitative estimate of drug-likeness (QED) is 0.515. The Morgan fingerprint density at radius 1 is 0.962 bits per heavy atom. The third-order valence-electron chi connectivity index (χ3n) is 4.63. The maximum absolute atomic E-state index is 4.88. The number of H-pyrrole nitrogens is 2. The lowest BCUT2D eigenvalue weighted by molar-refractivity contribution is -0.656. The largest absolute Gasteiger partial charge is 0.347 e. The van der Waals surface area contributed by atoms with E-state index in [9.17, 15) is 0 Å². The van der Waals surface area contributed by atoms with Gasteiger partial charge in [0, 0.05) is 29.4 Å². The molecule has 4 rings (SSSR count). The zero-order chi connectivity index (χ0) is 18.7. The Bertz CT molecular complexity index is 1100. The van der Waals surface area contributed by atoms with E-state index in [2.05, 4.69) is 61.8 Å². The van der Waals surface area contributed by atoms with E-state index >= 15 is 0 Å². The van der Waals surface area contributed by atoms with Crippen molar-refractivity contribution in [3.8, 4) is 5.82 Å². The van der Waals surface area contributed by atoms with Gasteiger partial charge in [0.2, 0.25) is 5.52 Å². The van der Waals surface area contributed by atoms with Crippen molar-refractivity contribution in [3.05, 3.63) is 42.0 Å². The summed E-state index contributed by atoms with van der Waals surface area (Å²) in [5, 5.41) is 12.1. The molecule has 0 aliphatic rings. The summed E-state index contributed by atoms with van der Waals surface area (Å²) in [4.78, 5) is 9.28. The van der Waals surface area contributed by atoms with E-state index in [1.54, 1.807) is 0 Å². The first kappa shape index (κ1) is 16.7. The number of nitrogens with zero attached hydrogens (tertiary/aromatic N) is 4. The van der Waals surface area contributed by atoms with Crippen molar-refractivity contribution >= 4 is 21.9 Å². The molecule has 0 aliphatic heterocycles. The van der Waals surface area contributed by atoms with Crippen LogP contribution >= 0.6 is 0 Å². The van der Waals surface area contributed by atoms with Crippen LogP contribution < -0.4 is 4.68 Å². The van der Waals surface area contributed by atoms with Crippen LogP contribution in [0.2, 0.25) is 0 Å². The van der Waals surface area contributed by atoms with Gasteiger partial charge in [-0.1, -0.05) is 41.5 Å². The standard InChI is InChI=1S/C20H24N6/c1-19(2,3)13-10-21-9-12-11-26(25-16(12)13)15-8-7-14-17(22-15)18(24-23-14)20(4,5)6/h7-11H,1-6H3,(H,22,23,24)/p+1. The van der Waals surface area contributed by atoms with Crippen molar-refractivity contribution in [1.29, 1.82) is 0 Å². The van der Waals surface area contributed by atoms with Crippen molar-refractivity contribution < 1.29 is 4.68 Å². The van der Waals surface area contributed by atoms with Gasteiger partial charge in [-0.2, -0.15) is 5.10 Å². The highest BCUT2D eigenvalue weighted by atomic mass is 15.3. The Morgan fingerprint density at radius 3 is 2.42 bits per heavy atom. The van der Waals surface area contributed by atoms with Gasteiger partial charge in [-0.3, -0.25) is 10.1 Å². The molecule has 6 nitrogen and oxygen atoms in total.